The molecule has 0 N–H and O–H groups in total. The molecule has 2 aromatic heterocycles. The number of thiophene rings is 1. The summed E-state index contributed by atoms with van der Waals surface area (Å²) in [6.45, 7) is 6.33. The summed E-state index contributed by atoms with van der Waals surface area (Å²) in [7, 11) is 0. The van der Waals surface area contributed by atoms with Gasteiger partial charge in [-0.25, -0.2) is 9.97 Å². The molecule has 0 unspecified atom stereocenters. The Morgan fingerprint density at radius 3 is 2.70 bits per heavy atom. The summed E-state index contributed by atoms with van der Waals surface area (Å²) in [5.74, 6) is 0.878. The fourth-order valence-corrected chi connectivity index (χ4v) is 5.75. The predicted molar refractivity (Wildman–Crippen MR) is 98.8 cm³/mol. The minimum atomic E-state index is 0.878. The van der Waals surface area contributed by atoms with Crippen molar-refractivity contribution in [3.05, 3.63) is 45.6 Å². The first-order chi connectivity index (χ1) is 11.1. The number of hydrogen-bond acceptors (Lipinski definition) is 4. The van der Waals surface area contributed by atoms with E-state index in [0.29, 0.717) is 0 Å². The average molecular weight is 341 g/mol. The maximum atomic E-state index is 4.80. The molecule has 4 heteroatoms. The molecule has 118 valence electrons. The number of aryl methyl sites for hydroxylation is 5. The smallest absolute Gasteiger partial charge is 0.128 e. The van der Waals surface area contributed by atoms with Crippen molar-refractivity contribution in [1.82, 2.24) is 9.97 Å². The molecule has 1 aliphatic carbocycles. The second-order valence-corrected chi connectivity index (χ2v) is 8.45. The molecule has 23 heavy (non-hydrogen) atoms. The quantitative estimate of drug-likeness (QED) is 0.564. The van der Waals surface area contributed by atoms with Crippen LogP contribution in [0.2, 0.25) is 0 Å². The van der Waals surface area contributed by atoms with E-state index in [1.54, 1.807) is 11.8 Å². The van der Waals surface area contributed by atoms with Crippen LogP contribution in [0.25, 0.3) is 10.2 Å². The Bertz CT molecular complexity index is 896. The van der Waals surface area contributed by atoms with Crippen molar-refractivity contribution >= 4 is 33.3 Å². The average Bonchev–Trinajstić information content (AvgIpc) is 2.88. The molecule has 0 atom stereocenters. The monoisotopic (exact) mass is 340 g/mol. The van der Waals surface area contributed by atoms with Gasteiger partial charge < -0.3 is 0 Å². The van der Waals surface area contributed by atoms with Crippen molar-refractivity contribution in [1.29, 1.82) is 0 Å². The van der Waals surface area contributed by atoms with E-state index < -0.39 is 0 Å². The highest BCUT2D eigenvalue weighted by Gasteiger charge is 2.21. The normalized spacial score (nSPS) is 14.2. The number of rotatable bonds is 2. The lowest BCUT2D eigenvalue weighted by atomic mass is 9.97. The van der Waals surface area contributed by atoms with Crippen molar-refractivity contribution < 1.29 is 0 Å². The van der Waals surface area contributed by atoms with Gasteiger partial charge >= 0.3 is 0 Å². The van der Waals surface area contributed by atoms with Crippen LogP contribution in [-0.2, 0) is 12.8 Å². The van der Waals surface area contributed by atoms with Gasteiger partial charge in [-0.15, -0.1) is 11.3 Å². The highest BCUT2D eigenvalue weighted by molar-refractivity contribution is 7.99. The molecule has 0 saturated carbocycles. The van der Waals surface area contributed by atoms with Gasteiger partial charge in [0.25, 0.3) is 0 Å². The highest BCUT2D eigenvalue weighted by Crippen LogP contribution is 2.42. The van der Waals surface area contributed by atoms with E-state index in [0.717, 1.165) is 10.9 Å². The van der Waals surface area contributed by atoms with Gasteiger partial charge in [-0.1, -0.05) is 29.5 Å². The Kier molecular flexibility index (Phi) is 3.90. The van der Waals surface area contributed by atoms with Crippen LogP contribution in [0.4, 0.5) is 0 Å². The fraction of sp³-hybridized carbons (Fsp3) is 0.368. The standard InChI is InChI=1S/C19H20N2S2/c1-11-8-9-15(12(2)10-11)22-18-17-14-6-4-5-7-16(14)23-19(17)21-13(3)20-18/h8-10H,4-7H2,1-3H3. The zero-order valence-corrected chi connectivity index (χ0v) is 15.4. The van der Waals surface area contributed by atoms with Gasteiger partial charge in [-0.3, -0.25) is 0 Å². The van der Waals surface area contributed by atoms with Crippen LogP contribution in [0.1, 0.15) is 40.2 Å². The molecule has 0 radical (unpaired) electrons. The Morgan fingerprint density at radius 2 is 1.87 bits per heavy atom. The van der Waals surface area contributed by atoms with E-state index in [9.17, 15) is 0 Å². The SMILES string of the molecule is Cc1ccc(Sc2nc(C)nc3sc4c(c23)CCCC4)c(C)c1. The van der Waals surface area contributed by atoms with Crippen LogP contribution in [0.3, 0.4) is 0 Å². The minimum absolute atomic E-state index is 0.878. The van der Waals surface area contributed by atoms with Crippen LogP contribution in [0.5, 0.6) is 0 Å². The number of fused-ring (bicyclic) bond motifs is 3. The van der Waals surface area contributed by atoms with Crippen LogP contribution in [0.15, 0.2) is 28.1 Å². The van der Waals surface area contributed by atoms with Crippen LogP contribution in [0, 0.1) is 20.8 Å². The highest BCUT2D eigenvalue weighted by atomic mass is 32.2. The van der Waals surface area contributed by atoms with Gasteiger partial charge in [0, 0.05) is 15.2 Å². The van der Waals surface area contributed by atoms with E-state index in [-0.39, 0.29) is 0 Å². The summed E-state index contributed by atoms with van der Waals surface area (Å²) < 4.78 is 0. The Balaban J connectivity index is 1.87. The summed E-state index contributed by atoms with van der Waals surface area (Å²) in [6, 6.07) is 6.65. The summed E-state index contributed by atoms with van der Waals surface area (Å²) in [6.07, 6.45) is 5.00. The largest absolute Gasteiger partial charge is 0.226 e. The molecular weight excluding hydrogens is 320 g/mol. The lowest BCUT2D eigenvalue weighted by Crippen LogP contribution is -1.99. The molecule has 1 aromatic carbocycles. The summed E-state index contributed by atoms with van der Waals surface area (Å²) in [4.78, 5) is 13.5. The molecule has 3 aromatic rings. The summed E-state index contributed by atoms with van der Waals surface area (Å²) >= 11 is 3.68. The van der Waals surface area contributed by atoms with Gasteiger partial charge in [-0.05, 0) is 63.6 Å². The van der Waals surface area contributed by atoms with Gasteiger partial charge in [0.1, 0.15) is 15.7 Å². The van der Waals surface area contributed by atoms with Gasteiger partial charge in [0.2, 0.25) is 0 Å². The van der Waals surface area contributed by atoms with Crippen molar-refractivity contribution in [3.8, 4) is 0 Å². The minimum Gasteiger partial charge on any atom is -0.226 e. The Morgan fingerprint density at radius 1 is 1.04 bits per heavy atom. The molecule has 1 aliphatic rings. The van der Waals surface area contributed by atoms with Crippen molar-refractivity contribution in [2.45, 2.75) is 56.4 Å². The topological polar surface area (TPSA) is 25.8 Å². The number of nitrogens with zero attached hydrogens (tertiary/aromatic N) is 2. The maximum Gasteiger partial charge on any atom is 0.128 e. The van der Waals surface area contributed by atoms with Crippen LogP contribution >= 0.6 is 23.1 Å². The first-order valence-electron chi connectivity index (χ1n) is 8.16. The molecule has 0 amide bonds. The molecule has 0 bridgehead atoms. The van der Waals surface area contributed by atoms with Crippen LogP contribution in [-0.4, -0.2) is 9.97 Å². The third-order valence-corrected chi connectivity index (χ3v) is 6.78. The van der Waals surface area contributed by atoms with E-state index in [2.05, 4.69) is 32.0 Å². The van der Waals surface area contributed by atoms with Gasteiger partial charge in [0.05, 0.1) is 0 Å². The third kappa shape index (κ3) is 2.79. The van der Waals surface area contributed by atoms with Crippen LogP contribution < -0.4 is 0 Å². The first-order valence-corrected chi connectivity index (χ1v) is 9.79. The first kappa shape index (κ1) is 15.2. The second-order valence-electron chi connectivity index (χ2n) is 6.34. The lowest BCUT2D eigenvalue weighted by Gasteiger charge is -2.12. The Labute approximate surface area is 145 Å². The van der Waals surface area contributed by atoms with E-state index in [1.165, 1.54) is 62.4 Å². The lowest BCUT2D eigenvalue weighted by molar-refractivity contribution is 0.699. The third-order valence-electron chi connectivity index (χ3n) is 4.43. The van der Waals surface area contributed by atoms with E-state index in [4.69, 9.17) is 9.97 Å². The van der Waals surface area contributed by atoms with Crippen molar-refractivity contribution in [2.24, 2.45) is 0 Å². The van der Waals surface area contributed by atoms with Crippen molar-refractivity contribution in [3.63, 3.8) is 0 Å². The number of benzene rings is 1. The molecule has 4 rings (SSSR count). The van der Waals surface area contributed by atoms with Gasteiger partial charge in [-0.2, -0.15) is 0 Å². The molecule has 0 fully saturated rings. The zero-order valence-electron chi connectivity index (χ0n) is 13.8. The zero-order chi connectivity index (χ0) is 16.0. The maximum absolute atomic E-state index is 4.80. The van der Waals surface area contributed by atoms with E-state index in [1.807, 2.05) is 18.3 Å². The molecular formula is C19H20N2S2. The van der Waals surface area contributed by atoms with Crippen molar-refractivity contribution in [2.75, 3.05) is 0 Å². The molecule has 0 spiro atoms. The summed E-state index contributed by atoms with van der Waals surface area (Å²) in [5, 5.41) is 2.46. The molecule has 2 heterocycles. The molecule has 0 aliphatic heterocycles. The van der Waals surface area contributed by atoms with E-state index >= 15 is 0 Å². The Hall–Kier alpha value is -1.39. The summed E-state index contributed by atoms with van der Waals surface area (Å²) in [5.41, 5.74) is 4.15. The fourth-order valence-electron chi connectivity index (χ4n) is 3.32. The molecule has 2 nitrogen and oxygen atoms in total. The van der Waals surface area contributed by atoms with Gasteiger partial charge in [0.15, 0.2) is 0 Å². The molecule has 0 saturated heterocycles. The second kappa shape index (κ2) is 5.91. The number of aromatic nitrogens is 2. The number of hydrogen-bond donors (Lipinski definition) is 0. The predicted octanol–water partition coefficient (Wildman–Crippen LogP) is 5.65.